The first-order valence-corrected chi connectivity index (χ1v) is 8.58. The van der Waals surface area contributed by atoms with Crippen LogP contribution in [0.3, 0.4) is 0 Å². The number of ether oxygens (including phenoxy) is 2. The van der Waals surface area contributed by atoms with Gasteiger partial charge in [-0.1, -0.05) is 6.07 Å². The summed E-state index contributed by atoms with van der Waals surface area (Å²) in [4.78, 5) is 12.1. The Hall–Kier alpha value is -2.93. The van der Waals surface area contributed by atoms with Crippen LogP contribution in [0.1, 0.15) is 22.6 Å². The Morgan fingerprint density at radius 2 is 1.78 bits per heavy atom. The fraction of sp³-hybridized carbons (Fsp3) is 0.350. The molecular formula is C20H23NO6. The van der Waals surface area contributed by atoms with E-state index in [0.29, 0.717) is 12.2 Å². The standard InChI is InChI=1S/C20H23NO6/c1-26-17-6-10(3-4-15(17)23)19-12-8-16(24)18(27-2)7-11(12)5-13(20(21)25)14(19)9-22/h3-4,6-8,13-14,19,22-24H,5,9H2,1-2H3,(H2,21,25). The van der Waals surface area contributed by atoms with E-state index < -0.39 is 23.7 Å². The number of phenols is 2. The number of aromatic hydroxyl groups is 2. The molecule has 0 radical (unpaired) electrons. The van der Waals surface area contributed by atoms with Crippen LogP contribution >= 0.6 is 0 Å². The van der Waals surface area contributed by atoms with E-state index in [1.165, 1.54) is 20.3 Å². The molecule has 0 saturated heterocycles. The molecule has 0 aromatic heterocycles. The number of rotatable bonds is 5. The Kier molecular flexibility index (Phi) is 5.14. The number of methoxy groups -OCH3 is 2. The molecule has 2 aromatic rings. The van der Waals surface area contributed by atoms with E-state index in [0.717, 1.165) is 16.7 Å². The van der Waals surface area contributed by atoms with Gasteiger partial charge < -0.3 is 30.5 Å². The van der Waals surface area contributed by atoms with Crippen LogP contribution in [0.5, 0.6) is 23.0 Å². The maximum absolute atomic E-state index is 12.1. The van der Waals surface area contributed by atoms with E-state index in [1.807, 2.05) is 0 Å². The van der Waals surface area contributed by atoms with E-state index in [9.17, 15) is 20.1 Å². The molecule has 0 fully saturated rings. The predicted molar refractivity (Wildman–Crippen MR) is 98.1 cm³/mol. The van der Waals surface area contributed by atoms with Crippen molar-refractivity contribution in [1.82, 2.24) is 0 Å². The number of nitrogens with two attached hydrogens (primary N) is 1. The molecule has 0 aliphatic heterocycles. The van der Waals surface area contributed by atoms with Crippen LogP contribution in [-0.4, -0.2) is 42.1 Å². The molecule has 144 valence electrons. The second kappa shape index (κ2) is 7.36. The Labute approximate surface area is 157 Å². The van der Waals surface area contributed by atoms with Gasteiger partial charge in [-0.2, -0.15) is 0 Å². The molecule has 7 heteroatoms. The number of amides is 1. The van der Waals surface area contributed by atoms with Crippen LogP contribution in [0.2, 0.25) is 0 Å². The minimum Gasteiger partial charge on any atom is -0.504 e. The second-order valence-corrected chi connectivity index (χ2v) is 6.69. The van der Waals surface area contributed by atoms with Gasteiger partial charge in [0.15, 0.2) is 23.0 Å². The van der Waals surface area contributed by atoms with Crippen LogP contribution in [-0.2, 0) is 11.2 Å². The van der Waals surface area contributed by atoms with Crippen molar-refractivity contribution in [3.63, 3.8) is 0 Å². The van der Waals surface area contributed by atoms with E-state index in [4.69, 9.17) is 15.2 Å². The third-order valence-electron chi connectivity index (χ3n) is 5.30. The highest BCUT2D eigenvalue weighted by Crippen LogP contribution is 2.47. The molecule has 1 aliphatic carbocycles. The second-order valence-electron chi connectivity index (χ2n) is 6.69. The summed E-state index contributed by atoms with van der Waals surface area (Å²) in [6.07, 6.45) is 0.345. The fourth-order valence-electron chi connectivity index (χ4n) is 3.97. The Morgan fingerprint density at radius 3 is 2.37 bits per heavy atom. The van der Waals surface area contributed by atoms with Crippen LogP contribution in [0.4, 0.5) is 0 Å². The summed E-state index contributed by atoms with van der Waals surface area (Å²) in [5, 5.41) is 30.2. The molecule has 3 atom stereocenters. The van der Waals surface area contributed by atoms with Gasteiger partial charge in [-0.05, 0) is 47.4 Å². The third kappa shape index (κ3) is 3.26. The first-order valence-electron chi connectivity index (χ1n) is 8.58. The summed E-state index contributed by atoms with van der Waals surface area (Å²) < 4.78 is 10.4. The fourth-order valence-corrected chi connectivity index (χ4v) is 3.97. The van der Waals surface area contributed by atoms with Gasteiger partial charge in [0.05, 0.1) is 14.2 Å². The van der Waals surface area contributed by atoms with Gasteiger partial charge in [-0.3, -0.25) is 4.79 Å². The molecule has 5 N–H and O–H groups in total. The number of aliphatic hydroxyl groups is 1. The van der Waals surface area contributed by atoms with Crippen molar-refractivity contribution in [1.29, 1.82) is 0 Å². The van der Waals surface area contributed by atoms with Crippen molar-refractivity contribution < 1.29 is 29.6 Å². The van der Waals surface area contributed by atoms with Crippen molar-refractivity contribution in [2.45, 2.75) is 12.3 Å². The molecule has 7 nitrogen and oxygen atoms in total. The molecule has 0 bridgehead atoms. The van der Waals surface area contributed by atoms with Crippen molar-refractivity contribution in [3.8, 4) is 23.0 Å². The quantitative estimate of drug-likeness (QED) is 0.630. The highest BCUT2D eigenvalue weighted by molar-refractivity contribution is 5.78. The summed E-state index contributed by atoms with van der Waals surface area (Å²) in [5.41, 5.74) is 7.94. The van der Waals surface area contributed by atoms with E-state index in [1.54, 1.807) is 24.3 Å². The Balaban J connectivity index is 2.22. The SMILES string of the molecule is COc1cc(C2c3cc(O)c(OC)cc3CC(C(N)=O)C2CO)ccc1O. The lowest BCUT2D eigenvalue weighted by atomic mass is 9.66. The molecule has 3 rings (SSSR count). The molecule has 0 spiro atoms. The number of primary amides is 1. The van der Waals surface area contributed by atoms with Crippen molar-refractivity contribution in [2.75, 3.05) is 20.8 Å². The van der Waals surface area contributed by atoms with Crippen LogP contribution < -0.4 is 15.2 Å². The lowest BCUT2D eigenvalue weighted by Crippen LogP contribution is -2.40. The largest absolute Gasteiger partial charge is 0.504 e. The number of aliphatic hydroxyl groups excluding tert-OH is 1. The Morgan fingerprint density at radius 1 is 1.11 bits per heavy atom. The molecule has 27 heavy (non-hydrogen) atoms. The lowest BCUT2D eigenvalue weighted by Gasteiger charge is -2.38. The van der Waals surface area contributed by atoms with Gasteiger partial charge in [0.2, 0.25) is 5.91 Å². The zero-order chi connectivity index (χ0) is 19.7. The van der Waals surface area contributed by atoms with Gasteiger partial charge in [-0.15, -0.1) is 0 Å². The highest BCUT2D eigenvalue weighted by Gasteiger charge is 2.40. The van der Waals surface area contributed by atoms with Gasteiger partial charge in [0.25, 0.3) is 0 Å². The average Bonchev–Trinajstić information content (AvgIpc) is 2.66. The van der Waals surface area contributed by atoms with Crippen LogP contribution in [0.15, 0.2) is 30.3 Å². The minimum absolute atomic E-state index is 0.0122. The minimum atomic E-state index is -0.582. The molecule has 3 unspecified atom stereocenters. The van der Waals surface area contributed by atoms with Crippen LogP contribution in [0.25, 0.3) is 0 Å². The van der Waals surface area contributed by atoms with E-state index >= 15 is 0 Å². The van der Waals surface area contributed by atoms with Gasteiger partial charge >= 0.3 is 0 Å². The maximum Gasteiger partial charge on any atom is 0.221 e. The zero-order valence-corrected chi connectivity index (χ0v) is 15.2. The smallest absolute Gasteiger partial charge is 0.221 e. The summed E-state index contributed by atoms with van der Waals surface area (Å²) in [5.74, 6) is -1.42. The Bertz CT molecular complexity index is 866. The van der Waals surface area contributed by atoms with E-state index in [2.05, 4.69) is 0 Å². The van der Waals surface area contributed by atoms with Crippen molar-refractivity contribution >= 4 is 5.91 Å². The molecule has 0 saturated carbocycles. The summed E-state index contributed by atoms with van der Waals surface area (Å²) in [6.45, 7) is -0.256. The monoisotopic (exact) mass is 373 g/mol. The van der Waals surface area contributed by atoms with E-state index in [-0.39, 0.29) is 23.9 Å². The van der Waals surface area contributed by atoms with Crippen molar-refractivity contribution in [3.05, 3.63) is 47.0 Å². The zero-order valence-electron chi connectivity index (χ0n) is 15.2. The normalized spacial score (nSPS) is 21.4. The molecule has 2 aromatic carbocycles. The number of hydrogen-bond donors (Lipinski definition) is 4. The third-order valence-corrected chi connectivity index (χ3v) is 5.30. The van der Waals surface area contributed by atoms with Crippen LogP contribution in [0, 0.1) is 11.8 Å². The lowest BCUT2D eigenvalue weighted by molar-refractivity contribution is -0.124. The predicted octanol–water partition coefficient (Wildman–Crippen LogP) is 1.51. The average molecular weight is 373 g/mol. The van der Waals surface area contributed by atoms with Gasteiger partial charge in [0, 0.05) is 24.4 Å². The number of phenolic OH excluding ortho intramolecular Hbond substituents is 2. The number of benzene rings is 2. The van der Waals surface area contributed by atoms with Gasteiger partial charge in [0.1, 0.15) is 0 Å². The molecule has 1 amide bonds. The number of fused-ring (bicyclic) bond motifs is 1. The topological polar surface area (TPSA) is 122 Å². The number of carbonyl (C=O) groups excluding carboxylic acids is 1. The molecular weight excluding hydrogens is 350 g/mol. The summed E-state index contributed by atoms with van der Waals surface area (Å²) in [7, 11) is 2.90. The number of hydrogen-bond acceptors (Lipinski definition) is 6. The number of carbonyl (C=O) groups is 1. The summed E-state index contributed by atoms with van der Waals surface area (Å²) in [6, 6.07) is 8.16. The summed E-state index contributed by atoms with van der Waals surface area (Å²) >= 11 is 0. The molecule has 0 heterocycles. The van der Waals surface area contributed by atoms with Crippen molar-refractivity contribution in [2.24, 2.45) is 17.6 Å². The highest BCUT2D eigenvalue weighted by atomic mass is 16.5. The van der Waals surface area contributed by atoms with Gasteiger partial charge in [-0.25, -0.2) is 0 Å². The first kappa shape index (κ1) is 18.8. The molecule has 1 aliphatic rings. The maximum atomic E-state index is 12.1. The first-order chi connectivity index (χ1) is 12.9.